The van der Waals surface area contributed by atoms with Crippen LogP contribution in [0.3, 0.4) is 0 Å². The van der Waals surface area contributed by atoms with E-state index in [2.05, 4.69) is 10.6 Å². The van der Waals surface area contributed by atoms with E-state index >= 15 is 0 Å². The molecule has 3 rings (SSSR count). The zero-order valence-corrected chi connectivity index (χ0v) is 14.7. The van der Waals surface area contributed by atoms with Crippen molar-refractivity contribution in [1.29, 1.82) is 0 Å². The standard InChI is InChI=1S/C20H21ClN2O2/c21-16-5-4-8-18(13-16)23-20(25)15-11-9-14(10-12-15)19(24)22-17-6-2-1-3-7-17/h4-5,8-13,17H,1-3,6-7H2,(H,22,24)(H,23,25). The van der Waals surface area contributed by atoms with Crippen LogP contribution in [-0.2, 0) is 0 Å². The molecule has 0 atom stereocenters. The van der Waals surface area contributed by atoms with Crippen molar-refractivity contribution < 1.29 is 9.59 Å². The summed E-state index contributed by atoms with van der Waals surface area (Å²) in [7, 11) is 0. The summed E-state index contributed by atoms with van der Waals surface area (Å²) < 4.78 is 0. The molecule has 0 unspecified atom stereocenters. The van der Waals surface area contributed by atoms with Crippen LogP contribution < -0.4 is 10.6 Å². The number of anilines is 1. The molecule has 1 saturated carbocycles. The third-order valence-electron chi connectivity index (χ3n) is 4.43. The Morgan fingerprint density at radius 1 is 0.880 bits per heavy atom. The highest BCUT2D eigenvalue weighted by molar-refractivity contribution is 6.31. The van der Waals surface area contributed by atoms with Gasteiger partial charge in [-0.25, -0.2) is 0 Å². The number of carbonyl (C=O) groups excluding carboxylic acids is 2. The quantitative estimate of drug-likeness (QED) is 0.837. The maximum Gasteiger partial charge on any atom is 0.255 e. The molecule has 0 heterocycles. The number of amides is 2. The summed E-state index contributed by atoms with van der Waals surface area (Å²) in [6, 6.07) is 13.9. The van der Waals surface area contributed by atoms with E-state index in [-0.39, 0.29) is 17.9 Å². The zero-order valence-electron chi connectivity index (χ0n) is 13.9. The summed E-state index contributed by atoms with van der Waals surface area (Å²) >= 11 is 5.91. The largest absolute Gasteiger partial charge is 0.349 e. The van der Waals surface area contributed by atoms with Crippen molar-refractivity contribution in [2.45, 2.75) is 38.1 Å². The maximum atomic E-state index is 12.3. The van der Waals surface area contributed by atoms with Gasteiger partial charge in [0.1, 0.15) is 0 Å². The van der Waals surface area contributed by atoms with Gasteiger partial charge < -0.3 is 10.6 Å². The summed E-state index contributed by atoms with van der Waals surface area (Å²) in [5, 5.41) is 6.43. The highest BCUT2D eigenvalue weighted by atomic mass is 35.5. The van der Waals surface area contributed by atoms with E-state index in [4.69, 9.17) is 11.6 Å². The molecule has 0 bridgehead atoms. The normalized spacial score (nSPS) is 14.8. The van der Waals surface area contributed by atoms with E-state index in [9.17, 15) is 9.59 Å². The lowest BCUT2D eigenvalue weighted by molar-refractivity contribution is 0.0926. The number of benzene rings is 2. The predicted molar refractivity (Wildman–Crippen MR) is 100 cm³/mol. The molecule has 2 N–H and O–H groups in total. The Morgan fingerprint density at radius 2 is 1.52 bits per heavy atom. The summed E-state index contributed by atoms with van der Waals surface area (Å²) in [5.74, 6) is -0.310. The molecule has 1 aliphatic rings. The molecule has 4 nitrogen and oxygen atoms in total. The number of hydrogen-bond donors (Lipinski definition) is 2. The van der Waals surface area contributed by atoms with Crippen LogP contribution >= 0.6 is 11.6 Å². The van der Waals surface area contributed by atoms with Crippen LogP contribution in [0.4, 0.5) is 5.69 Å². The van der Waals surface area contributed by atoms with Crippen molar-refractivity contribution >= 4 is 29.1 Å². The average molecular weight is 357 g/mol. The second-order valence-electron chi connectivity index (χ2n) is 6.35. The molecule has 0 spiro atoms. The smallest absolute Gasteiger partial charge is 0.255 e. The van der Waals surface area contributed by atoms with Crippen LogP contribution in [0, 0.1) is 0 Å². The van der Waals surface area contributed by atoms with Gasteiger partial charge in [-0.2, -0.15) is 0 Å². The van der Waals surface area contributed by atoms with Crippen molar-refractivity contribution in [3.63, 3.8) is 0 Å². The molecular formula is C20H21ClN2O2. The van der Waals surface area contributed by atoms with Crippen molar-refractivity contribution in [1.82, 2.24) is 5.32 Å². The summed E-state index contributed by atoms with van der Waals surface area (Å²) in [6.45, 7) is 0. The van der Waals surface area contributed by atoms with Gasteiger partial charge in [0.05, 0.1) is 0 Å². The van der Waals surface area contributed by atoms with Gasteiger partial charge in [0.25, 0.3) is 11.8 Å². The van der Waals surface area contributed by atoms with Crippen LogP contribution in [-0.4, -0.2) is 17.9 Å². The first-order chi connectivity index (χ1) is 12.1. The highest BCUT2D eigenvalue weighted by Gasteiger charge is 2.17. The van der Waals surface area contributed by atoms with Gasteiger partial charge >= 0.3 is 0 Å². The summed E-state index contributed by atoms with van der Waals surface area (Å²) in [4.78, 5) is 24.6. The molecule has 5 heteroatoms. The van der Waals surface area contributed by atoms with Crippen molar-refractivity contribution in [3.05, 3.63) is 64.7 Å². The Morgan fingerprint density at radius 3 is 2.16 bits per heavy atom. The molecule has 1 aliphatic carbocycles. The van der Waals surface area contributed by atoms with E-state index in [0.29, 0.717) is 21.8 Å². The van der Waals surface area contributed by atoms with Gasteiger partial charge in [-0.05, 0) is 55.3 Å². The van der Waals surface area contributed by atoms with Crippen molar-refractivity contribution in [2.24, 2.45) is 0 Å². The minimum absolute atomic E-state index is 0.0753. The third-order valence-corrected chi connectivity index (χ3v) is 4.67. The van der Waals surface area contributed by atoms with Crippen molar-refractivity contribution in [3.8, 4) is 0 Å². The van der Waals surface area contributed by atoms with Crippen LogP contribution in [0.2, 0.25) is 5.02 Å². The number of carbonyl (C=O) groups is 2. The average Bonchev–Trinajstić information content (AvgIpc) is 2.62. The minimum Gasteiger partial charge on any atom is -0.349 e. The Bertz CT molecular complexity index is 753. The van der Waals surface area contributed by atoms with E-state index < -0.39 is 0 Å². The molecule has 2 amide bonds. The number of halogens is 1. The maximum absolute atomic E-state index is 12.3. The number of nitrogens with one attached hydrogen (secondary N) is 2. The van der Waals surface area contributed by atoms with Gasteiger partial charge in [-0.15, -0.1) is 0 Å². The molecule has 25 heavy (non-hydrogen) atoms. The fourth-order valence-electron chi connectivity index (χ4n) is 3.06. The second kappa shape index (κ2) is 8.17. The molecule has 0 saturated heterocycles. The summed E-state index contributed by atoms with van der Waals surface area (Å²) in [5.41, 5.74) is 1.70. The van der Waals surface area contributed by atoms with Gasteiger partial charge in [0.2, 0.25) is 0 Å². The molecule has 0 aliphatic heterocycles. The number of rotatable bonds is 4. The van der Waals surface area contributed by atoms with E-state index in [1.165, 1.54) is 19.3 Å². The molecule has 0 radical (unpaired) electrons. The van der Waals surface area contributed by atoms with E-state index in [0.717, 1.165) is 12.8 Å². The summed E-state index contributed by atoms with van der Waals surface area (Å²) in [6.07, 6.45) is 5.70. The fourth-order valence-corrected chi connectivity index (χ4v) is 3.25. The van der Waals surface area contributed by atoms with Gasteiger partial charge in [-0.3, -0.25) is 9.59 Å². The lowest BCUT2D eigenvalue weighted by Gasteiger charge is -2.22. The van der Waals surface area contributed by atoms with E-state index in [1.54, 1.807) is 48.5 Å². The SMILES string of the molecule is O=C(Nc1cccc(Cl)c1)c1ccc(C(=O)NC2CCCCC2)cc1. The highest BCUT2D eigenvalue weighted by Crippen LogP contribution is 2.18. The van der Waals surface area contributed by atoms with Crippen molar-refractivity contribution in [2.75, 3.05) is 5.32 Å². The lowest BCUT2D eigenvalue weighted by Crippen LogP contribution is -2.36. The van der Waals surface area contributed by atoms with E-state index in [1.807, 2.05) is 0 Å². The fraction of sp³-hybridized carbons (Fsp3) is 0.300. The first-order valence-electron chi connectivity index (χ1n) is 8.60. The second-order valence-corrected chi connectivity index (χ2v) is 6.79. The predicted octanol–water partition coefficient (Wildman–Crippen LogP) is 4.65. The Hall–Kier alpha value is -2.33. The van der Waals surface area contributed by atoms with Gasteiger partial charge in [0.15, 0.2) is 0 Å². The Balaban J connectivity index is 1.61. The first kappa shape index (κ1) is 17.5. The monoisotopic (exact) mass is 356 g/mol. The van der Waals surface area contributed by atoms with Crippen LogP contribution in [0.25, 0.3) is 0 Å². The van der Waals surface area contributed by atoms with Crippen LogP contribution in [0.15, 0.2) is 48.5 Å². The van der Waals surface area contributed by atoms with Crippen LogP contribution in [0.5, 0.6) is 0 Å². The lowest BCUT2D eigenvalue weighted by atomic mass is 9.95. The molecular weight excluding hydrogens is 336 g/mol. The minimum atomic E-state index is -0.235. The third kappa shape index (κ3) is 4.83. The molecule has 130 valence electrons. The first-order valence-corrected chi connectivity index (χ1v) is 8.97. The number of hydrogen-bond acceptors (Lipinski definition) is 2. The Labute approximate surface area is 152 Å². The van der Waals surface area contributed by atoms with Gasteiger partial charge in [0, 0.05) is 27.9 Å². The molecule has 1 fully saturated rings. The topological polar surface area (TPSA) is 58.2 Å². The molecule has 2 aromatic rings. The van der Waals surface area contributed by atoms with Gasteiger partial charge in [-0.1, -0.05) is 36.9 Å². The molecule has 2 aromatic carbocycles. The molecule has 0 aromatic heterocycles. The Kier molecular flexibility index (Phi) is 5.71. The zero-order chi connectivity index (χ0) is 17.6. The van der Waals surface area contributed by atoms with Crippen LogP contribution in [0.1, 0.15) is 52.8 Å².